The molecule has 1 aromatic rings. The minimum absolute atomic E-state index is 0.212. The van der Waals surface area contributed by atoms with Crippen LogP contribution in [0.1, 0.15) is 24.8 Å². The molecule has 22 heavy (non-hydrogen) atoms. The maximum absolute atomic E-state index is 12.7. The quantitative estimate of drug-likeness (QED) is 0.662. The van der Waals surface area contributed by atoms with Crippen LogP contribution in [0.15, 0.2) is 17.5 Å². The maximum Gasteiger partial charge on any atom is 0.326 e. The monoisotopic (exact) mass is 322 g/mol. The summed E-state index contributed by atoms with van der Waals surface area (Å²) in [4.78, 5) is 39.8. The van der Waals surface area contributed by atoms with E-state index in [4.69, 9.17) is 4.74 Å². The first kappa shape index (κ1) is 15.2. The van der Waals surface area contributed by atoms with Crippen LogP contribution in [0.5, 0.6) is 0 Å². The van der Waals surface area contributed by atoms with Crippen LogP contribution in [0.2, 0.25) is 0 Å². The third kappa shape index (κ3) is 1.85. The zero-order valence-electron chi connectivity index (χ0n) is 12.7. The number of nitrogens with zero attached hydrogens (tertiary/aromatic N) is 1. The Morgan fingerprint density at radius 3 is 2.73 bits per heavy atom. The molecule has 0 aliphatic carbocycles. The highest BCUT2D eigenvalue weighted by molar-refractivity contribution is 7.10. The maximum atomic E-state index is 12.7. The molecule has 1 N–H and O–H groups in total. The van der Waals surface area contributed by atoms with Crippen LogP contribution in [-0.4, -0.2) is 41.9 Å². The number of esters is 1. The Hall–Kier alpha value is -1.73. The molecular weight excluding hydrogens is 304 g/mol. The summed E-state index contributed by atoms with van der Waals surface area (Å²) in [5, 5.41) is 5.11. The van der Waals surface area contributed by atoms with Crippen molar-refractivity contribution in [2.75, 3.05) is 13.7 Å². The average molecular weight is 322 g/mol. The van der Waals surface area contributed by atoms with Gasteiger partial charge in [-0.1, -0.05) is 6.07 Å². The summed E-state index contributed by atoms with van der Waals surface area (Å²) in [5.41, 5.74) is -1.19. The van der Waals surface area contributed by atoms with Gasteiger partial charge in [0, 0.05) is 11.4 Å². The Kier molecular flexibility index (Phi) is 3.57. The predicted octanol–water partition coefficient (Wildman–Crippen LogP) is 0.945. The highest BCUT2D eigenvalue weighted by Gasteiger charge is 2.66. The van der Waals surface area contributed by atoms with Gasteiger partial charge in [0.2, 0.25) is 11.8 Å². The molecule has 1 aromatic heterocycles. The number of thiophene rings is 1. The lowest BCUT2D eigenvalue weighted by Crippen LogP contribution is -2.53. The number of nitrogens with one attached hydrogen (secondary N) is 1. The fraction of sp³-hybridized carbons (Fsp3) is 0.533. The number of likely N-dealkylation sites (tertiary alicyclic amines) is 1. The van der Waals surface area contributed by atoms with E-state index in [0.29, 0.717) is 6.54 Å². The number of hydrogen-bond donors (Lipinski definition) is 1. The number of imide groups is 1. The van der Waals surface area contributed by atoms with Gasteiger partial charge < -0.3 is 4.74 Å². The molecule has 2 amide bonds. The number of fused-ring (bicyclic) bond motifs is 1. The Morgan fingerprint density at radius 1 is 1.45 bits per heavy atom. The SMILES string of the molecule is CCN1C(=O)[C@H]2[C@@H](C1=O)[C@](C)(C(=O)OC)N[C@H]2c1cccs1. The Balaban J connectivity index is 2.09. The molecule has 0 bridgehead atoms. The van der Waals surface area contributed by atoms with Crippen molar-refractivity contribution in [1.29, 1.82) is 0 Å². The Bertz CT molecular complexity index is 629. The molecular formula is C15H18N2O4S. The van der Waals surface area contributed by atoms with E-state index in [1.807, 2.05) is 17.5 Å². The normalized spacial score (nSPS) is 34.1. The van der Waals surface area contributed by atoms with Crippen LogP contribution >= 0.6 is 11.3 Å². The van der Waals surface area contributed by atoms with Crippen molar-refractivity contribution in [3.8, 4) is 0 Å². The first-order valence-corrected chi connectivity index (χ1v) is 8.08. The van der Waals surface area contributed by atoms with Gasteiger partial charge >= 0.3 is 5.97 Å². The molecule has 0 spiro atoms. The van der Waals surface area contributed by atoms with Crippen molar-refractivity contribution in [3.05, 3.63) is 22.4 Å². The molecule has 118 valence electrons. The lowest BCUT2D eigenvalue weighted by molar-refractivity contribution is -0.153. The Morgan fingerprint density at radius 2 is 2.18 bits per heavy atom. The van der Waals surface area contributed by atoms with Gasteiger partial charge in [-0.05, 0) is 25.3 Å². The summed E-state index contributed by atoms with van der Waals surface area (Å²) >= 11 is 1.50. The molecule has 2 aliphatic rings. The number of rotatable bonds is 3. The molecule has 0 radical (unpaired) electrons. The lowest BCUT2D eigenvalue weighted by atomic mass is 9.81. The van der Waals surface area contributed by atoms with E-state index in [1.165, 1.54) is 23.3 Å². The fourth-order valence-electron chi connectivity index (χ4n) is 3.62. The topological polar surface area (TPSA) is 75.7 Å². The summed E-state index contributed by atoms with van der Waals surface area (Å²) in [6.45, 7) is 3.73. The second kappa shape index (κ2) is 5.17. The minimum atomic E-state index is -1.19. The number of methoxy groups -OCH3 is 1. The summed E-state index contributed by atoms with van der Waals surface area (Å²) in [7, 11) is 1.29. The van der Waals surface area contributed by atoms with Gasteiger partial charge in [0.05, 0.1) is 25.0 Å². The molecule has 2 fully saturated rings. The van der Waals surface area contributed by atoms with Crippen LogP contribution < -0.4 is 5.32 Å². The Labute approximate surface area is 132 Å². The van der Waals surface area contributed by atoms with E-state index in [1.54, 1.807) is 13.8 Å². The van der Waals surface area contributed by atoms with E-state index in [2.05, 4.69) is 5.32 Å². The molecule has 0 saturated carbocycles. The first-order valence-electron chi connectivity index (χ1n) is 7.20. The molecule has 3 rings (SSSR count). The van der Waals surface area contributed by atoms with E-state index < -0.39 is 23.3 Å². The van der Waals surface area contributed by atoms with E-state index in [9.17, 15) is 14.4 Å². The van der Waals surface area contributed by atoms with Gasteiger partial charge in [0.1, 0.15) is 5.54 Å². The number of carbonyl (C=O) groups is 3. The molecule has 6 nitrogen and oxygen atoms in total. The van der Waals surface area contributed by atoms with Gasteiger partial charge in [-0.15, -0.1) is 11.3 Å². The van der Waals surface area contributed by atoms with Crippen LogP contribution in [0.4, 0.5) is 0 Å². The largest absolute Gasteiger partial charge is 0.468 e. The predicted molar refractivity (Wildman–Crippen MR) is 80.0 cm³/mol. The minimum Gasteiger partial charge on any atom is -0.468 e. The van der Waals surface area contributed by atoms with Crippen LogP contribution in [0, 0.1) is 11.8 Å². The summed E-state index contributed by atoms with van der Waals surface area (Å²) in [6.07, 6.45) is 0. The average Bonchev–Trinajstić information content (AvgIpc) is 3.17. The zero-order chi connectivity index (χ0) is 16.1. The molecule has 0 aromatic carbocycles. The van der Waals surface area contributed by atoms with Crippen LogP contribution in [0.25, 0.3) is 0 Å². The molecule has 3 heterocycles. The standard InChI is InChI=1S/C15H18N2O4S/c1-4-17-12(18)9-10(13(17)19)15(2,14(20)21-3)16-11(9)8-6-5-7-22-8/h5-7,9-11,16H,4H2,1-3H3/t9-,10-,11-,15+/m0/s1. The number of hydrogen-bond acceptors (Lipinski definition) is 6. The smallest absolute Gasteiger partial charge is 0.326 e. The van der Waals surface area contributed by atoms with Gasteiger partial charge in [-0.25, -0.2) is 0 Å². The van der Waals surface area contributed by atoms with Crippen molar-refractivity contribution in [1.82, 2.24) is 10.2 Å². The molecule has 2 aliphatic heterocycles. The van der Waals surface area contributed by atoms with Crippen molar-refractivity contribution in [2.24, 2.45) is 11.8 Å². The number of ether oxygens (including phenoxy) is 1. The van der Waals surface area contributed by atoms with Gasteiger partial charge in [0.15, 0.2) is 0 Å². The van der Waals surface area contributed by atoms with Gasteiger partial charge in [0.25, 0.3) is 0 Å². The van der Waals surface area contributed by atoms with Crippen LogP contribution in [-0.2, 0) is 19.1 Å². The van der Waals surface area contributed by atoms with Crippen molar-refractivity contribution in [2.45, 2.75) is 25.4 Å². The molecule has 4 atom stereocenters. The molecule has 2 saturated heterocycles. The highest BCUT2D eigenvalue weighted by atomic mass is 32.1. The first-order chi connectivity index (χ1) is 10.5. The third-order valence-corrected chi connectivity index (χ3v) is 5.61. The summed E-state index contributed by atoms with van der Waals surface area (Å²) in [5.74, 6) is -2.30. The second-order valence-corrected chi connectivity index (χ2v) is 6.73. The van der Waals surface area contributed by atoms with E-state index in [0.717, 1.165) is 4.88 Å². The van der Waals surface area contributed by atoms with Crippen molar-refractivity contribution < 1.29 is 19.1 Å². The van der Waals surface area contributed by atoms with E-state index in [-0.39, 0.29) is 17.9 Å². The molecule has 0 unspecified atom stereocenters. The van der Waals surface area contributed by atoms with E-state index >= 15 is 0 Å². The zero-order valence-corrected chi connectivity index (χ0v) is 13.5. The number of carbonyl (C=O) groups excluding carboxylic acids is 3. The van der Waals surface area contributed by atoms with Crippen molar-refractivity contribution >= 4 is 29.1 Å². The summed E-state index contributed by atoms with van der Waals surface area (Å²) in [6, 6.07) is 3.46. The third-order valence-electron chi connectivity index (χ3n) is 4.65. The lowest BCUT2D eigenvalue weighted by Gasteiger charge is -2.28. The molecule has 7 heteroatoms. The summed E-state index contributed by atoms with van der Waals surface area (Å²) < 4.78 is 4.88. The van der Waals surface area contributed by atoms with Crippen LogP contribution in [0.3, 0.4) is 0 Å². The van der Waals surface area contributed by atoms with Gasteiger partial charge in [-0.2, -0.15) is 0 Å². The number of amides is 2. The van der Waals surface area contributed by atoms with Gasteiger partial charge in [-0.3, -0.25) is 24.6 Å². The second-order valence-electron chi connectivity index (χ2n) is 5.76. The highest BCUT2D eigenvalue weighted by Crippen LogP contribution is 2.49. The van der Waals surface area contributed by atoms with Crippen molar-refractivity contribution in [3.63, 3.8) is 0 Å². The fourth-order valence-corrected chi connectivity index (χ4v) is 4.45.